The van der Waals surface area contributed by atoms with Crippen molar-refractivity contribution < 1.29 is 9.47 Å². The van der Waals surface area contributed by atoms with Crippen LogP contribution in [0.2, 0.25) is 5.02 Å². The molecule has 1 aliphatic heterocycles. The monoisotopic (exact) mass is 280 g/mol. The molecule has 1 aromatic rings. The van der Waals surface area contributed by atoms with Crippen LogP contribution < -0.4 is 20.5 Å². The minimum absolute atomic E-state index is 0. The highest BCUT2D eigenvalue weighted by Gasteiger charge is 2.16. The van der Waals surface area contributed by atoms with Gasteiger partial charge in [-0.2, -0.15) is 0 Å². The molecule has 0 saturated heterocycles. The SMILES string of the molecule is Cl.NC(=S)NCc1cc2c(cc1Cl)OCO2. The molecule has 0 unspecified atom stereocenters. The topological polar surface area (TPSA) is 56.5 Å². The normalized spacial score (nSPS) is 11.8. The number of rotatable bonds is 2. The summed E-state index contributed by atoms with van der Waals surface area (Å²) in [6, 6.07) is 3.54. The van der Waals surface area contributed by atoms with E-state index in [1.807, 2.05) is 6.07 Å². The van der Waals surface area contributed by atoms with Crippen LogP contribution in [-0.2, 0) is 6.54 Å². The lowest BCUT2D eigenvalue weighted by molar-refractivity contribution is 0.174. The number of nitrogens with one attached hydrogen (secondary N) is 1. The van der Waals surface area contributed by atoms with Crippen LogP contribution in [-0.4, -0.2) is 11.9 Å². The van der Waals surface area contributed by atoms with E-state index in [1.165, 1.54) is 0 Å². The largest absolute Gasteiger partial charge is 0.454 e. The van der Waals surface area contributed by atoms with Crippen molar-refractivity contribution in [3.8, 4) is 11.5 Å². The van der Waals surface area contributed by atoms with Crippen LogP contribution in [0.5, 0.6) is 11.5 Å². The highest BCUT2D eigenvalue weighted by Crippen LogP contribution is 2.36. The number of hydrogen-bond donors (Lipinski definition) is 2. The van der Waals surface area contributed by atoms with Crippen molar-refractivity contribution >= 4 is 41.3 Å². The third-order valence-corrected chi connectivity index (χ3v) is 2.49. The van der Waals surface area contributed by atoms with E-state index in [0.29, 0.717) is 23.1 Å². The average molecular weight is 281 g/mol. The Morgan fingerprint density at radius 1 is 1.44 bits per heavy atom. The maximum Gasteiger partial charge on any atom is 0.231 e. The van der Waals surface area contributed by atoms with Gasteiger partial charge in [0.2, 0.25) is 6.79 Å². The molecule has 0 aliphatic carbocycles. The van der Waals surface area contributed by atoms with Crippen LogP contribution in [0, 0.1) is 0 Å². The van der Waals surface area contributed by atoms with Crippen molar-refractivity contribution in [2.75, 3.05) is 6.79 Å². The third-order valence-electron chi connectivity index (χ3n) is 1.99. The first kappa shape index (κ1) is 13.2. The van der Waals surface area contributed by atoms with Gasteiger partial charge >= 0.3 is 0 Å². The zero-order valence-electron chi connectivity index (χ0n) is 8.16. The molecular weight excluding hydrogens is 271 g/mol. The number of hydrogen-bond acceptors (Lipinski definition) is 3. The number of halogens is 2. The van der Waals surface area contributed by atoms with Gasteiger partial charge in [-0.25, -0.2) is 0 Å². The Balaban J connectivity index is 0.00000128. The van der Waals surface area contributed by atoms with Crippen LogP contribution in [0.15, 0.2) is 12.1 Å². The molecule has 0 atom stereocenters. The molecule has 2 rings (SSSR count). The number of fused-ring (bicyclic) bond motifs is 1. The molecule has 4 nitrogen and oxygen atoms in total. The molecule has 88 valence electrons. The van der Waals surface area contributed by atoms with Crippen LogP contribution in [0.3, 0.4) is 0 Å². The second-order valence-corrected chi connectivity index (χ2v) is 3.86. The van der Waals surface area contributed by atoms with Crippen LogP contribution in [0.4, 0.5) is 0 Å². The minimum atomic E-state index is 0. The molecule has 16 heavy (non-hydrogen) atoms. The molecule has 0 saturated carbocycles. The fourth-order valence-electron chi connectivity index (χ4n) is 1.28. The Kier molecular flexibility index (Phi) is 4.46. The molecule has 0 fully saturated rings. The van der Waals surface area contributed by atoms with E-state index in [2.05, 4.69) is 5.32 Å². The molecule has 1 heterocycles. The van der Waals surface area contributed by atoms with Crippen molar-refractivity contribution in [1.29, 1.82) is 0 Å². The van der Waals surface area contributed by atoms with Gasteiger partial charge in [0.1, 0.15) is 0 Å². The van der Waals surface area contributed by atoms with Crippen molar-refractivity contribution in [3.05, 3.63) is 22.7 Å². The summed E-state index contributed by atoms with van der Waals surface area (Å²) in [5.41, 5.74) is 6.19. The van der Waals surface area contributed by atoms with Gasteiger partial charge in [-0.3, -0.25) is 0 Å². The smallest absolute Gasteiger partial charge is 0.231 e. The van der Waals surface area contributed by atoms with Crippen molar-refractivity contribution in [2.24, 2.45) is 5.73 Å². The first-order valence-corrected chi connectivity index (χ1v) is 5.07. The second kappa shape index (κ2) is 5.43. The van der Waals surface area contributed by atoms with Gasteiger partial charge in [0.25, 0.3) is 0 Å². The summed E-state index contributed by atoms with van der Waals surface area (Å²) >= 11 is 10.7. The van der Waals surface area contributed by atoms with E-state index in [-0.39, 0.29) is 24.3 Å². The van der Waals surface area contributed by atoms with Gasteiger partial charge in [-0.05, 0) is 23.8 Å². The molecule has 7 heteroatoms. The summed E-state index contributed by atoms with van der Waals surface area (Å²) in [6.07, 6.45) is 0. The fourth-order valence-corrected chi connectivity index (χ4v) is 1.57. The molecule has 3 N–H and O–H groups in total. The summed E-state index contributed by atoms with van der Waals surface area (Å²) in [5.74, 6) is 1.36. The fraction of sp³-hybridized carbons (Fsp3) is 0.222. The highest BCUT2D eigenvalue weighted by molar-refractivity contribution is 7.80. The Hall–Kier alpha value is -0.910. The molecular formula is C9H10Cl2N2O2S. The van der Waals surface area contributed by atoms with Crippen LogP contribution in [0.1, 0.15) is 5.56 Å². The van der Waals surface area contributed by atoms with Gasteiger partial charge in [0.05, 0.1) is 0 Å². The van der Waals surface area contributed by atoms with Gasteiger partial charge in [-0.1, -0.05) is 11.6 Å². The Labute approximate surface area is 109 Å². The summed E-state index contributed by atoms with van der Waals surface area (Å²) in [6.45, 7) is 0.711. The third kappa shape index (κ3) is 2.81. The van der Waals surface area contributed by atoms with E-state index >= 15 is 0 Å². The van der Waals surface area contributed by atoms with E-state index in [1.54, 1.807) is 6.07 Å². The van der Waals surface area contributed by atoms with Crippen molar-refractivity contribution in [1.82, 2.24) is 5.32 Å². The Morgan fingerprint density at radius 3 is 2.69 bits per heavy atom. The molecule has 0 amide bonds. The first-order valence-electron chi connectivity index (χ1n) is 4.28. The predicted molar refractivity (Wildman–Crippen MR) is 68.4 cm³/mol. The summed E-state index contributed by atoms with van der Waals surface area (Å²) < 4.78 is 10.4. The lowest BCUT2D eigenvalue weighted by Gasteiger charge is -2.07. The summed E-state index contributed by atoms with van der Waals surface area (Å²) in [5, 5.41) is 3.66. The number of thiocarbonyl (C=S) groups is 1. The van der Waals surface area contributed by atoms with Crippen molar-refractivity contribution in [3.63, 3.8) is 0 Å². The molecule has 0 spiro atoms. The van der Waals surface area contributed by atoms with Crippen LogP contribution >= 0.6 is 36.2 Å². The van der Waals surface area contributed by atoms with Gasteiger partial charge < -0.3 is 20.5 Å². The lowest BCUT2D eigenvalue weighted by atomic mass is 10.2. The maximum atomic E-state index is 6.03. The van der Waals surface area contributed by atoms with Crippen molar-refractivity contribution in [2.45, 2.75) is 6.54 Å². The van der Waals surface area contributed by atoms with E-state index in [4.69, 9.17) is 39.0 Å². The Morgan fingerprint density at radius 2 is 2.06 bits per heavy atom. The standard InChI is InChI=1S/C9H9ClN2O2S.ClH/c10-6-2-8-7(13-4-14-8)1-5(6)3-12-9(11)15;/h1-2H,3-4H2,(H3,11,12,15);1H. The number of ether oxygens (including phenoxy) is 2. The van der Waals surface area contributed by atoms with Gasteiger partial charge in [0, 0.05) is 17.6 Å². The number of nitrogens with two attached hydrogens (primary N) is 1. The van der Waals surface area contributed by atoms with Crippen LogP contribution in [0.25, 0.3) is 0 Å². The molecule has 1 aromatic carbocycles. The zero-order chi connectivity index (χ0) is 10.8. The highest BCUT2D eigenvalue weighted by atomic mass is 35.5. The number of benzene rings is 1. The average Bonchev–Trinajstić information content (AvgIpc) is 2.60. The molecule has 0 radical (unpaired) electrons. The predicted octanol–water partition coefficient (Wildman–Crippen LogP) is 1.82. The summed E-state index contributed by atoms with van der Waals surface area (Å²) in [7, 11) is 0. The lowest BCUT2D eigenvalue weighted by Crippen LogP contribution is -2.28. The quantitative estimate of drug-likeness (QED) is 0.810. The van der Waals surface area contributed by atoms with E-state index in [9.17, 15) is 0 Å². The second-order valence-electron chi connectivity index (χ2n) is 3.01. The minimum Gasteiger partial charge on any atom is -0.454 e. The van der Waals surface area contributed by atoms with Gasteiger partial charge in [0.15, 0.2) is 16.6 Å². The first-order chi connectivity index (χ1) is 7.16. The Bertz CT molecular complexity index is 415. The maximum absolute atomic E-state index is 6.03. The molecule has 0 aromatic heterocycles. The van der Waals surface area contributed by atoms with Gasteiger partial charge in [-0.15, -0.1) is 12.4 Å². The zero-order valence-corrected chi connectivity index (χ0v) is 10.5. The van der Waals surface area contributed by atoms with E-state index in [0.717, 1.165) is 5.56 Å². The van der Waals surface area contributed by atoms with E-state index < -0.39 is 0 Å². The summed E-state index contributed by atoms with van der Waals surface area (Å²) in [4.78, 5) is 0. The molecule has 0 bridgehead atoms. The molecule has 1 aliphatic rings.